The van der Waals surface area contributed by atoms with Crippen molar-refractivity contribution >= 4 is 35.7 Å². The number of hydrogen-bond donors (Lipinski definition) is 4. The van der Waals surface area contributed by atoms with Crippen LogP contribution in [0.4, 0.5) is 0 Å². The third kappa shape index (κ3) is 7.90. The normalized spacial score (nSPS) is 12.0. The van der Waals surface area contributed by atoms with Crippen molar-refractivity contribution < 1.29 is 43.7 Å². The number of carbonyl (C=O) groups is 6. The summed E-state index contributed by atoms with van der Waals surface area (Å²) in [5.74, 6) is -7.34. The highest BCUT2D eigenvalue weighted by Gasteiger charge is 2.32. The Morgan fingerprint density at radius 1 is 0.636 bits per heavy atom. The number of nitrogens with one attached hydrogen (secondary N) is 2. The van der Waals surface area contributed by atoms with Crippen molar-refractivity contribution in [2.45, 2.75) is 24.9 Å². The van der Waals surface area contributed by atoms with Crippen LogP contribution in [0.2, 0.25) is 0 Å². The molecule has 0 aliphatic heterocycles. The summed E-state index contributed by atoms with van der Waals surface area (Å²) in [6.07, 6.45) is -1.80. The predicted octanol–water partition coefficient (Wildman–Crippen LogP) is 0.603. The molecule has 0 bridgehead atoms. The van der Waals surface area contributed by atoms with Crippen molar-refractivity contribution in [3.8, 4) is 0 Å². The molecule has 2 amide bonds. The zero-order valence-electron chi connectivity index (χ0n) is 17.1. The van der Waals surface area contributed by atoms with E-state index in [2.05, 4.69) is 15.4 Å². The van der Waals surface area contributed by atoms with Crippen LogP contribution < -0.4 is 10.6 Å². The van der Waals surface area contributed by atoms with Crippen molar-refractivity contribution in [2.75, 3.05) is 0 Å². The van der Waals surface area contributed by atoms with Gasteiger partial charge >= 0.3 is 23.9 Å². The van der Waals surface area contributed by atoms with Gasteiger partial charge in [0.1, 0.15) is 12.1 Å². The smallest absolute Gasteiger partial charge is 0.336 e. The number of esters is 2. The van der Waals surface area contributed by atoms with E-state index in [9.17, 15) is 28.8 Å². The average Bonchev–Trinajstić information content (AvgIpc) is 2.78. The minimum Gasteiger partial charge on any atom is -0.481 e. The average molecular weight is 456 g/mol. The first-order valence-electron chi connectivity index (χ1n) is 9.58. The molecule has 4 N–H and O–H groups in total. The van der Waals surface area contributed by atoms with E-state index in [0.29, 0.717) is 0 Å². The van der Waals surface area contributed by atoms with Gasteiger partial charge in [-0.15, -0.1) is 0 Å². The van der Waals surface area contributed by atoms with Crippen LogP contribution in [0.25, 0.3) is 0 Å². The van der Waals surface area contributed by atoms with Crippen LogP contribution in [0.5, 0.6) is 0 Å². The largest absolute Gasteiger partial charge is 0.481 e. The second kappa shape index (κ2) is 11.7. The van der Waals surface area contributed by atoms with Gasteiger partial charge in [0.25, 0.3) is 11.8 Å². The van der Waals surface area contributed by atoms with E-state index in [1.54, 1.807) is 36.4 Å². The van der Waals surface area contributed by atoms with Crippen LogP contribution in [0.15, 0.2) is 60.7 Å². The molecule has 0 unspecified atom stereocenters. The first kappa shape index (κ1) is 24.7. The Morgan fingerprint density at radius 2 is 0.970 bits per heavy atom. The van der Waals surface area contributed by atoms with Crippen LogP contribution in [0, 0.1) is 0 Å². The Hall–Kier alpha value is -4.54. The number of benzene rings is 2. The summed E-state index contributed by atoms with van der Waals surface area (Å²) in [6, 6.07) is 11.7. The van der Waals surface area contributed by atoms with Gasteiger partial charge in [-0.25, -0.2) is 9.59 Å². The maximum Gasteiger partial charge on any atom is 0.336 e. The van der Waals surface area contributed by atoms with Gasteiger partial charge in [-0.05, 0) is 24.3 Å². The highest BCUT2D eigenvalue weighted by molar-refractivity contribution is 6.01. The molecule has 2 aromatic carbocycles. The van der Waals surface area contributed by atoms with Crippen LogP contribution in [0.1, 0.15) is 33.6 Å². The van der Waals surface area contributed by atoms with Crippen LogP contribution in [0.3, 0.4) is 0 Å². The van der Waals surface area contributed by atoms with Crippen molar-refractivity contribution in [2.24, 2.45) is 0 Å². The number of carbonyl (C=O) groups excluding carboxylic acids is 4. The molecular formula is C22H20N2O9. The number of carboxylic acids is 2. The van der Waals surface area contributed by atoms with Gasteiger partial charge in [0, 0.05) is 11.1 Å². The molecule has 11 heteroatoms. The molecule has 2 rings (SSSR count). The summed E-state index contributed by atoms with van der Waals surface area (Å²) >= 11 is 0. The van der Waals surface area contributed by atoms with E-state index in [0.717, 1.165) is 0 Å². The molecular weight excluding hydrogens is 436 g/mol. The molecule has 33 heavy (non-hydrogen) atoms. The fraction of sp³-hybridized carbons (Fsp3) is 0.182. The first-order chi connectivity index (χ1) is 15.7. The molecule has 11 nitrogen and oxygen atoms in total. The topological polar surface area (TPSA) is 176 Å². The van der Waals surface area contributed by atoms with Gasteiger partial charge in [-0.1, -0.05) is 36.4 Å². The predicted molar refractivity (Wildman–Crippen MR) is 111 cm³/mol. The van der Waals surface area contributed by atoms with Crippen molar-refractivity contribution in [3.63, 3.8) is 0 Å². The number of amides is 2. The van der Waals surface area contributed by atoms with E-state index < -0.39 is 60.6 Å². The van der Waals surface area contributed by atoms with E-state index in [1.165, 1.54) is 24.3 Å². The number of ether oxygens (including phenoxy) is 1. The standard InChI is InChI=1S/C22H20N2O9/c25-17(26)11-15(23-19(29)13-7-3-1-4-8-13)21(31)33-22(32)16(12-18(27)28)24-20(30)14-9-5-2-6-10-14/h1-10,15-16H,11-12H2,(H,23,29)(H,24,30)(H,25,26)(H,27,28)/t15-,16-/m0/s1. The Kier molecular flexibility index (Phi) is 8.80. The highest BCUT2D eigenvalue weighted by atomic mass is 16.6. The van der Waals surface area contributed by atoms with Crippen LogP contribution in [-0.4, -0.2) is 58.0 Å². The van der Waals surface area contributed by atoms with Gasteiger partial charge in [-0.3, -0.25) is 19.2 Å². The second-order valence-corrected chi connectivity index (χ2v) is 6.72. The Bertz CT molecular complexity index is 955. The molecule has 0 radical (unpaired) electrons. The molecule has 0 saturated carbocycles. The lowest BCUT2D eigenvalue weighted by atomic mass is 10.1. The molecule has 0 aliphatic rings. The number of aliphatic carboxylic acids is 2. The number of rotatable bonds is 10. The lowest BCUT2D eigenvalue weighted by molar-refractivity contribution is -0.165. The Morgan fingerprint density at radius 3 is 1.27 bits per heavy atom. The summed E-state index contributed by atoms with van der Waals surface area (Å²) in [6.45, 7) is 0. The van der Waals surface area contributed by atoms with Crippen molar-refractivity contribution in [1.82, 2.24) is 10.6 Å². The number of hydrogen-bond acceptors (Lipinski definition) is 7. The molecule has 0 spiro atoms. The molecule has 0 aliphatic carbocycles. The Labute approximate surface area is 187 Å². The van der Waals surface area contributed by atoms with Gasteiger partial charge in [0.05, 0.1) is 12.8 Å². The van der Waals surface area contributed by atoms with Crippen LogP contribution >= 0.6 is 0 Å². The zero-order valence-corrected chi connectivity index (χ0v) is 17.1. The second-order valence-electron chi connectivity index (χ2n) is 6.72. The summed E-state index contributed by atoms with van der Waals surface area (Å²) < 4.78 is 4.62. The first-order valence-corrected chi connectivity index (χ1v) is 9.58. The maximum atomic E-state index is 12.4. The molecule has 2 atom stereocenters. The van der Waals surface area contributed by atoms with Gasteiger partial charge in [0.15, 0.2) is 0 Å². The molecule has 172 valence electrons. The van der Waals surface area contributed by atoms with Gasteiger partial charge in [0.2, 0.25) is 0 Å². The van der Waals surface area contributed by atoms with Gasteiger partial charge in [-0.2, -0.15) is 0 Å². The van der Waals surface area contributed by atoms with E-state index in [1.807, 2.05) is 0 Å². The summed E-state index contributed by atoms with van der Waals surface area (Å²) in [7, 11) is 0. The summed E-state index contributed by atoms with van der Waals surface area (Å²) in [5.41, 5.74) is 0.261. The quantitative estimate of drug-likeness (QED) is 0.294. The van der Waals surface area contributed by atoms with Crippen molar-refractivity contribution in [3.05, 3.63) is 71.8 Å². The van der Waals surface area contributed by atoms with E-state index in [4.69, 9.17) is 10.2 Å². The zero-order chi connectivity index (χ0) is 24.4. The number of carboxylic acid groups (broad SMARTS) is 2. The fourth-order valence-corrected chi connectivity index (χ4v) is 2.64. The lowest BCUT2D eigenvalue weighted by Crippen LogP contribution is -2.48. The summed E-state index contributed by atoms with van der Waals surface area (Å²) in [4.78, 5) is 71.6. The summed E-state index contributed by atoms with van der Waals surface area (Å²) in [5, 5.41) is 22.4. The third-order valence-corrected chi connectivity index (χ3v) is 4.21. The van der Waals surface area contributed by atoms with Crippen LogP contribution in [-0.2, 0) is 23.9 Å². The SMILES string of the molecule is O=C(O)C[C@H](NC(=O)c1ccccc1)C(=O)OC(=O)[C@H](CC(=O)O)NC(=O)c1ccccc1. The lowest BCUT2D eigenvalue weighted by Gasteiger charge is -2.19. The minimum absolute atomic E-state index is 0.130. The van der Waals surface area contributed by atoms with Gasteiger partial charge < -0.3 is 25.6 Å². The van der Waals surface area contributed by atoms with E-state index in [-0.39, 0.29) is 11.1 Å². The molecule has 0 fully saturated rings. The molecule has 2 aromatic rings. The molecule has 0 aromatic heterocycles. The third-order valence-electron chi connectivity index (χ3n) is 4.21. The molecule has 0 saturated heterocycles. The monoisotopic (exact) mass is 456 g/mol. The minimum atomic E-state index is -1.74. The fourth-order valence-electron chi connectivity index (χ4n) is 2.64. The maximum absolute atomic E-state index is 12.4. The molecule has 0 heterocycles. The van der Waals surface area contributed by atoms with E-state index >= 15 is 0 Å². The highest BCUT2D eigenvalue weighted by Crippen LogP contribution is 2.06. The Balaban J connectivity index is 2.12. The van der Waals surface area contributed by atoms with Crippen molar-refractivity contribution in [1.29, 1.82) is 0 Å².